The first-order valence-corrected chi connectivity index (χ1v) is 5.33. The number of ether oxygens (including phenoxy) is 1. The largest absolute Gasteiger partial charge is 0.465 e. The minimum atomic E-state index is -0.542. The Balaban J connectivity index is 3.43. The van der Waals surface area contributed by atoms with E-state index in [1.165, 1.54) is 7.11 Å². The van der Waals surface area contributed by atoms with Gasteiger partial charge in [0, 0.05) is 10.4 Å². The lowest BCUT2D eigenvalue weighted by atomic mass is 10.0. The van der Waals surface area contributed by atoms with Crippen molar-refractivity contribution < 1.29 is 9.53 Å². The highest BCUT2D eigenvalue weighted by Crippen LogP contribution is 2.23. The van der Waals surface area contributed by atoms with Gasteiger partial charge in [-0.1, -0.05) is 15.9 Å². The van der Waals surface area contributed by atoms with Crippen molar-refractivity contribution in [2.75, 3.05) is 7.11 Å². The average molecular weight is 289 g/mol. The Morgan fingerprint density at radius 2 is 2.33 bits per heavy atom. The van der Waals surface area contributed by atoms with Gasteiger partial charge in [0.2, 0.25) is 0 Å². The van der Waals surface area contributed by atoms with E-state index in [1.54, 1.807) is 12.1 Å². The van der Waals surface area contributed by atoms with Gasteiger partial charge in [-0.2, -0.15) is 5.26 Å². The van der Waals surface area contributed by atoms with Crippen molar-refractivity contribution in [1.29, 1.82) is 5.26 Å². The maximum Gasteiger partial charge on any atom is 0.339 e. The molecule has 0 N–H and O–H groups in total. The summed E-state index contributed by atoms with van der Waals surface area (Å²) in [6.45, 7) is 0. The Kier molecular flexibility index (Phi) is 4.13. The first kappa shape index (κ1) is 12.0. The average Bonchev–Trinajstić information content (AvgIpc) is 2.26. The highest BCUT2D eigenvalue weighted by atomic mass is 79.9. The number of nitriles is 1. The van der Waals surface area contributed by atoms with Crippen molar-refractivity contribution in [3.8, 4) is 6.07 Å². The molecular weight excluding hydrogens is 281 g/mol. The molecule has 1 aromatic rings. The van der Waals surface area contributed by atoms with Crippen LogP contribution in [-0.4, -0.2) is 13.1 Å². The van der Waals surface area contributed by atoms with Gasteiger partial charge in [-0.25, -0.2) is 4.79 Å². The predicted molar refractivity (Wildman–Crippen MR) is 59.8 cm³/mol. The van der Waals surface area contributed by atoms with Crippen LogP contribution in [0.1, 0.15) is 21.5 Å². The van der Waals surface area contributed by atoms with Crippen LogP contribution < -0.4 is 0 Å². The summed E-state index contributed by atoms with van der Waals surface area (Å²) in [6, 6.07) is 5.20. The van der Waals surface area contributed by atoms with Gasteiger partial charge in [-0.15, -0.1) is 11.6 Å². The fourth-order valence-corrected chi connectivity index (χ4v) is 1.89. The summed E-state index contributed by atoms with van der Waals surface area (Å²) in [4.78, 5) is 11.4. The number of methoxy groups -OCH3 is 1. The molecule has 15 heavy (non-hydrogen) atoms. The predicted octanol–water partition coefficient (Wildman–Crippen LogP) is 2.85. The molecule has 0 amide bonds. The zero-order chi connectivity index (χ0) is 11.4. The fourth-order valence-electron chi connectivity index (χ4n) is 1.17. The number of nitrogens with zero attached hydrogens (tertiary/aromatic N) is 1. The maximum atomic E-state index is 11.4. The third kappa shape index (κ3) is 2.49. The topological polar surface area (TPSA) is 50.1 Å². The molecule has 78 valence electrons. The first-order valence-electron chi connectivity index (χ1n) is 4.00. The molecule has 0 saturated heterocycles. The van der Waals surface area contributed by atoms with Crippen molar-refractivity contribution in [3.63, 3.8) is 0 Å². The molecule has 0 fully saturated rings. The minimum absolute atomic E-state index is 0.173. The van der Waals surface area contributed by atoms with Crippen LogP contribution in [0.3, 0.4) is 0 Å². The molecule has 0 aromatic heterocycles. The van der Waals surface area contributed by atoms with Crippen LogP contribution in [0.2, 0.25) is 0 Å². The van der Waals surface area contributed by atoms with Crippen LogP contribution >= 0.6 is 27.5 Å². The number of hydrogen-bond donors (Lipinski definition) is 0. The lowest BCUT2D eigenvalue weighted by molar-refractivity contribution is 0.0600. The minimum Gasteiger partial charge on any atom is -0.465 e. The van der Waals surface area contributed by atoms with Crippen LogP contribution in [0.25, 0.3) is 0 Å². The number of benzene rings is 1. The van der Waals surface area contributed by atoms with Crippen molar-refractivity contribution >= 4 is 33.5 Å². The number of carbonyl (C=O) groups is 1. The molecule has 0 atom stereocenters. The van der Waals surface area contributed by atoms with Crippen molar-refractivity contribution in [3.05, 3.63) is 33.3 Å². The zero-order valence-corrected chi connectivity index (χ0v) is 10.2. The Bertz CT molecular complexity index is 440. The van der Waals surface area contributed by atoms with Crippen molar-refractivity contribution in [1.82, 2.24) is 0 Å². The van der Waals surface area contributed by atoms with E-state index in [0.717, 1.165) is 0 Å². The van der Waals surface area contributed by atoms with Crippen LogP contribution in [-0.2, 0) is 10.6 Å². The highest BCUT2D eigenvalue weighted by Gasteiger charge is 2.16. The number of carbonyl (C=O) groups excluding carboxylic acids is 1. The molecule has 1 rings (SSSR count). The molecular formula is C10H7BrClNO2. The molecule has 0 aliphatic heterocycles. The number of rotatable bonds is 2. The van der Waals surface area contributed by atoms with E-state index < -0.39 is 5.97 Å². The molecule has 5 heteroatoms. The highest BCUT2D eigenvalue weighted by molar-refractivity contribution is 9.10. The second-order valence-corrected chi connectivity index (χ2v) is 3.91. The number of esters is 1. The monoisotopic (exact) mass is 287 g/mol. The maximum absolute atomic E-state index is 11.4. The van der Waals surface area contributed by atoms with E-state index in [2.05, 4.69) is 20.7 Å². The van der Waals surface area contributed by atoms with Gasteiger partial charge in [0.05, 0.1) is 18.2 Å². The molecule has 0 saturated carbocycles. The summed E-state index contributed by atoms with van der Waals surface area (Å²) in [5.41, 5.74) is 1.10. The van der Waals surface area contributed by atoms with Crippen molar-refractivity contribution in [2.24, 2.45) is 0 Å². The third-order valence-electron chi connectivity index (χ3n) is 1.85. The van der Waals surface area contributed by atoms with E-state index in [-0.39, 0.29) is 17.0 Å². The van der Waals surface area contributed by atoms with Gasteiger partial charge >= 0.3 is 5.97 Å². The van der Waals surface area contributed by atoms with Gasteiger partial charge in [-0.05, 0) is 17.7 Å². The summed E-state index contributed by atoms with van der Waals surface area (Å²) >= 11 is 8.92. The van der Waals surface area contributed by atoms with Gasteiger partial charge in [0.15, 0.2) is 0 Å². The van der Waals surface area contributed by atoms with Gasteiger partial charge < -0.3 is 4.74 Å². The van der Waals surface area contributed by atoms with E-state index >= 15 is 0 Å². The molecule has 3 nitrogen and oxygen atoms in total. The molecule has 1 aromatic carbocycles. The van der Waals surface area contributed by atoms with E-state index in [4.69, 9.17) is 16.9 Å². The smallest absolute Gasteiger partial charge is 0.339 e. The summed E-state index contributed by atoms with van der Waals surface area (Å²) in [7, 11) is 1.27. The zero-order valence-electron chi connectivity index (χ0n) is 7.88. The summed E-state index contributed by atoms with van der Waals surface area (Å²) in [6.07, 6.45) is 0. The van der Waals surface area contributed by atoms with Gasteiger partial charge in [0.1, 0.15) is 6.07 Å². The number of hydrogen-bond acceptors (Lipinski definition) is 3. The number of halogens is 2. The van der Waals surface area contributed by atoms with Crippen LogP contribution in [0, 0.1) is 11.3 Å². The quantitative estimate of drug-likeness (QED) is 0.621. The Labute approximate surface area is 101 Å². The molecule has 0 heterocycles. The standard InChI is InChI=1S/C10H7BrClNO2/c1-15-10(14)8-3-7(11)2-6(4-12)9(8)5-13/h2-3H,4H2,1H3. The van der Waals surface area contributed by atoms with Gasteiger partial charge in [-0.3, -0.25) is 0 Å². The van der Waals surface area contributed by atoms with Crippen molar-refractivity contribution in [2.45, 2.75) is 5.88 Å². The Morgan fingerprint density at radius 1 is 1.67 bits per heavy atom. The lowest BCUT2D eigenvalue weighted by Crippen LogP contribution is -2.06. The second kappa shape index (κ2) is 5.15. The normalized spacial score (nSPS) is 9.47. The van der Waals surface area contributed by atoms with E-state index in [0.29, 0.717) is 10.0 Å². The summed E-state index contributed by atoms with van der Waals surface area (Å²) < 4.78 is 5.27. The first-order chi connectivity index (χ1) is 7.13. The second-order valence-electron chi connectivity index (χ2n) is 2.72. The number of alkyl halides is 1. The molecule has 0 aliphatic carbocycles. The molecule has 0 unspecified atom stereocenters. The summed E-state index contributed by atoms with van der Waals surface area (Å²) in [5, 5.41) is 8.93. The molecule has 0 bridgehead atoms. The van der Waals surface area contributed by atoms with Crippen LogP contribution in [0.15, 0.2) is 16.6 Å². The lowest BCUT2D eigenvalue weighted by Gasteiger charge is -2.06. The molecule has 0 aliphatic rings. The SMILES string of the molecule is COC(=O)c1cc(Br)cc(CCl)c1C#N. The fraction of sp³-hybridized carbons (Fsp3) is 0.200. The van der Waals surface area contributed by atoms with Gasteiger partial charge in [0.25, 0.3) is 0 Å². The summed E-state index contributed by atoms with van der Waals surface area (Å²) in [5.74, 6) is -0.369. The van der Waals surface area contributed by atoms with Crippen LogP contribution in [0.5, 0.6) is 0 Å². The molecule has 0 spiro atoms. The van der Waals surface area contributed by atoms with E-state index in [1.807, 2.05) is 6.07 Å². The molecule has 0 radical (unpaired) electrons. The third-order valence-corrected chi connectivity index (χ3v) is 2.59. The Hall–Kier alpha value is -1.05. The van der Waals surface area contributed by atoms with E-state index in [9.17, 15) is 4.79 Å². The Morgan fingerprint density at radius 3 is 2.80 bits per heavy atom. The van der Waals surface area contributed by atoms with Crippen LogP contribution in [0.4, 0.5) is 0 Å².